The molecule has 1 aliphatic heterocycles. The summed E-state index contributed by atoms with van der Waals surface area (Å²) in [6.45, 7) is 9.22. The molecule has 8 heteroatoms. The smallest absolute Gasteiger partial charge is 0.272 e. The Morgan fingerprint density at radius 1 is 1.18 bits per heavy atom. The van der Waals surface area contributed by atoms with Gasteiger partial charge in [0.1, 0.15) is 18.3 Å². The second kappa shape index (κ2) is 8.50. The minimum atomic E-state index is -0.808. The van der Waals surface area contributed by atoms with Crippen molar-refractivity contribution in [2.24, 2.45) is 0 Å². The van der Waals surface area contributed by atoms with Crippen LogP contribution in [0.25, 0.3) is 4.85 Å². The number of carbonyl (C=O) groups is 1. The Labute approximate surface area is 202 Å². The number of rotatable bonds is 5. The van der Waals surface area contributed by atoms with Crippen molar-refractivity contribution < 1.29 is 13.9 Å². The third-order valence-corrected chi connectivity index (χ3v) is 6.77. The molecule has 170 valence electrons. The number of carbonyl (C=O) groups excluding carboxylic acids is 1. The van der Waals surface area contributed by atoms with Crippen molar-refractivity contribution in [3.05, 3.63) is 89.2 Å². The summed E-state index contributed by atoms with van der Waals surface area (Å²) in [5.74, 6) is -0.222. The van der Waals surface area contributed by atoms with E-state index in [9.17, 15) is 9.18 Å². The van der Waals surface area contributed by atoms with Gasteiger partial charge in [0.15, 0.2) is 16.7 Å². The summed E-state index contributed by atoms with van der Waals surface area (Å²) < 4.78 is 20.4. The number of ether oxygens (including phenoxy) is 1. The van der Waals surface area contributed by atoms with E-state index >= 15 is 0 Å². The number of thiocarbonyl (C=S) groups is 1. The Hall–Kier alpha value is -3.83. The molecule has 2 aromatic carbocycles. The van der Waals surface area contributed by atoms with Crippen LogP contribution < -0.4 is 14.5 Å². The minimum Gasteiger partial charge on any atom is -0.486 e. The largest absolute Gasteiger partial charge is 0.486 e. The molecule has 0 atom stereocenters. The van der Waals surface area contributed by atoms with Crippen LogP contribution in [0.3, 0.4) is 0 Å². The first-order valence-electron chi connectivity index (χ1n) is 10.9. The number of halogens is 1. The van der Waals surface area contributed by atoms with Crippen molar-refractivity contribution in [2.45, 2.75) is 38.3 Å². The second-order valence-electron chi connectivity index (χ2n) is 8.48. The Morgan fingerprint density at radius 3 is 2.59 bits per heavy atom. The maximum Gasteiger partial charge on any atom is 0.272 e. The first-order chi connectivity index (χ1) is 16.4. The van der Waals surface area contributed by atoms with Crippen LogP contribution in [-0.2, 0) is 11.4 Å². The molecule has 3 aromatic rings. The zero-order valence-electron chi connectivity index (χ0n) is 18.5. The van der Waals surface area contributed by atoms with Crippen molar-refractivity contribution in [2.75, 3.05) is 9.80 Å². The second-order valence-corrected chi connectivity index (χ2v) is 8.84. The van der Waals surface area contributed by atoms with E-state index in [0.717, 1.165) is 12.0 Å². The molecule has 1 amide bonds. The van der Waals surface area contributed by atoms with Gasteiger partial charge in [-0.25, -0.2) is 4.39 Å². The SMILES string of the molecule is [C-]#[N+]c1ncc(N2C(=O)C3(CCC3)N(c3ccc(F)c(OCc4ccccc4)c3)C2=S)cc1C. The fourth-order valence-electron chi connectivity index (χ4n) is 4.48. The number of amides is 1. The van der Waals surface area contributed by atoms with Gasteiger partial charge in [0.05, 0.1) is 5.69 Å². The summed E-state index contributed by atoms with van der Waals surface area (Å²) >= 11 is 5.78. The predicted molar refractivity (Wildman–Crippen MR) is 132 cm³/mol. The third-order valence-electron chi connectivity index (χ3n) is 6.40. The van der Waals surface area contributed by atoms with Gasteiger partial charge >= 0.3 is 0 Å². The molecular weight excluding hydrogens is 451 g/mol. The molecule has 2 heterocycles. The van der Waals surface area contributed by atoms with E-state index in [4.69, 9.17) is 23.5 Å². The van der Waals surface area contributed by atoms with Crippen LogP contribution in [0.15, 0.2) is 60.8 Å². The maximum atomic E-state index is 14.6. The number of aryl methyl sites for hydroxylation is 1. The fraction of sp³-hybridized carbons (Fsp3) is 0.231. The summed E-state index contributed by atoms with van der Waals surface area (Å²) in [4.78, 5) is 24.5. The van der Waals surface area contributed by atoms with Crippen LogP contribution in [0, 0.1) is 19.3 Å². The van der Waals surface area contributed by atoms with Gasteiger partial charge in [0.25, 0.3) is 11.7 Å². The molecule has 1 aromatic heterocycles. The highest BCUT2D eigenvalue weighted by Gasteiger charge is 2.59. The van der Waals surface area contributed by atoms with Crippen molar-refractivity contribution in [1.29, 1.82) is 0 Å². The van der Waals surface area contributed by atoms with Gasteiger partial charge < -0.3 is 14.5 Å². The van der Waals surface area contributed by atoms with Gasteiger partial charge in [-0.1, -0.05) is 36.9 Å². The topological polar surface area (TPSA) is 50.0 Å². The first kappa shape index (κ1) is 22.0. The minimum absolute atomic E-state index is 0.100. The van der Waals surface area contributed by atoms with E-state index in [2.05, 4.69) is 9.83 Å². The van der Waals surface area contributed by atoms with Crippen molar-refractivity contribution >= 4 is 40.4 Å². The van der Waals surface area contributed by atoms with E-state index in [1.54, 1.807) is 25.1 Å². The number of nitrogens with zero attached hydrogens (tertiary/aromatic N) is 4. The molecule has 1 spiro atoms. The number of aromatic nitrogens is 1. The molecule has 0 bridgehead atoms. The molecule has 1 saturated heterocycles. The Morgan fingerprint density at radius 2 is 1.94 bits per heavy atom. The molecule has 6 nitrogen and oxygen atoms in total. The normalized spacial score (nSPS) is 16.5. The van der Waals surface area contributed by atoms with Crippen LogP contribution in [0.5, 0.6) is 5.75 Å². The third kappa shape index (κ3) is 3.49. The summed E-state index contributed by atoms with van der Waals surface area (Å²) in [6, 6.07) is 15.8. The monoisotopic (exact) mass is 472 g/mol. The average Bonchev–Trinajstić information content (AvgIpc) is 3.06. The fourth-order valence-corrected chi connectivity index (χ4v) is 4.95. The van der Waals surface area contributed by atoms with Gasteiger partial charge in [-0.15, -0.1) is 4.98 Å². The zero-order chi connectivity index (χ0) is 23.9. The Kier molecular flexibility index (Phi) is 5.50. The highest BCUT2D eigenvalue weighted by atomic mass is 32.1. The highest BCUT2D eigenvalue weighted by Crippen LogP contribution is 2.48. The average molecular weight is 473 g/mol. The predicted octanol–water partition coefficient (Wildman–Crippen LogP) is 5.72. The van der Waals surface area contributed by atoms with Gasteiger partial charge in [0, 0.05) is 11.8 Å². The molecule has 34 heavy (non-hydrogen) atoms. The van der Waals surface area contributed by atoms with Gasteiger partial charge in [0.2, 0.25) is 0 Å². The van der Waals surface area contributed by atoms with Crippen LogP contribution in [0.4, 0.5) is 21.6 Å². The van der Waals surface area contributed by atoms with Crippen molar-refractivity contribution in [3.63, 3.8) is 0 Å². The number of benzene rings is 2. The number of pyridine rings is 1. The maximum absolute atomic E-state index is 14.6. The zero-order valence-corrected chi connectivity index (χ0v) is 19.3. The molecule has 1 aliphatic carbocycles. The summed E-state index contributed by atoms with van der Waals surface area (Å²) in [7, 11) is 0. The molecule has 5 rings (SSSR count). The lowest BCUT2D eigenvalue weighted by atomic mass is 9.75. The Bertz CT molecular complexity index is 1330. The molecule has 1 saturated carbocycles. The molecule has 2 fully saturated rings. The Balaban J connectivity index is 1.49. The van der Waals surface area contributed by atoms with Crippen molar-refractivity contribution in [1.82, 2.24) is 4.98 Å². The standard InChI is InChI=1S/C26H21FN4O2S/c1-17-13-20(15-29-23(17)28-2)30-24(32)26(11-6-12-26)31(25(30)34)19-9-10-21(27)22(14-19)33-16-18-7-4-3-5-8-18/h3-5,7-10,13-15H,6,11-12,16H2,1H3. The molecule has 0 unspecified atom stereocenters. The molecule has 0 radical (unpaired) electrons. The van der Waals surface area contributed by atoms with Gasteiger partial charge in [-0.05, 0) is 67.7 Å². The lowest BCUT2D eigenvalue weighted by molar-refractivity contribution is -0.123. The van der Waals surface area contributed by atoms with Crippen molar-refractivity contribution in [3.8, 4) is 5.75 Å². The highest BCUT2D eigenvalue weighted by molar-refractivity contribution is 7.81. The lowest BCUT2D eigenvalue weighted by Gasteiger charge is -2.43. The number of hydrogen-bond donors (Lipinski definition) is 0. The summed E-state index contributed by atoms with van der Waals surface area (Å²) in [6.07, 6.45) is 3.68. The van der Waals surface area contributed by atoms with Crippen LogP contribution in [0.1, 0.15) is 30.4 Å². The molecule has 0 N–H and O–H groups in total. The van der Waals surface area contributed by atoms with Crippen LogP contribution in [0.2, 0.25) is 0 Å². The van der Waals surface area contributed by atoms with E-state index in [1.165, 1.54) is 17.2 Å². The van der Waals surface area contributed by atoms with Gasteiger partial charge in [-0.3, -0.25) is 9.69 Å². The molecular formula is C26H21FN4O2S. The number of hydrogen-bond acceptors (Lipinski definition) is 4. The summed E-state index contributed by atoms with van der Waals surface area (Å²) in [5.41, 5.74) is 1.91. The van der Waals surface area contributed by atoms with Gasteiger partial charge in [-0.2, -0.15) is 0 Å². The van der Waals surface area contributed by atoms with Crippen LogP contribution >= 0.6 is 12.2 Å². The summed E-state index contributed by atoms with van der Waals surface area (Å²) in [5, 5.41) is 0.307. The lowest BCUT2D eigenvalue weighted by Crippen LogP contribution is -2.55. The van der Waals surface area contributed by atoms with E-state index in [-0.39, 0.29) is 24.1 Å². The van der Waals surface area contributed by atoms with E-state index in [0.29, 0.717) is 34.9 Å². The van der Waals surface area contributed by atoms with E-state index < -0.39 is 11.4 Å². The number of anilines is 2. The first-order valence-corrected chi connectivity index (χ1v) is 11.3. The molecule has 2 aliphatic rings. The quantitative estimate of drug-likeness (QED) is 0.351. The van der Waals surface area contributed by atoms with Crippen LogP contribution in [-0.4, -0.2) is 21.5 Å². The van der Waals surface area contributed by atoms with E-state index in [1.807, 2.05) is 35.2 Å².